The van der Waals surface area contributed by atoms with Gasteiger partial charge in [0, 0.05) is 25.6 Å². The van der Waals surface area contributed by atoms with Crippen LogP contribution in [-0.4, -0.2) is 39.5 Å². The fourth-order valence-electron chi connectivity index (χ4n) is 1.94. The van der Waals surface area contributed by atoms with E-state index in [1.165, 1.54) is 0 Å². The molecule has 1 aromatic heterocycles. The first-order valence-corrected chi connectivity index (χ1v) is 6.71. The van der Waals surface area contributed by atoms with E-state index in [1.807, 2.05) is 7.05 Å². The van der Waals surface area contributed by atoms with Crippen LogP contribution in [0.5, 0.6) is 0 Å². The maximum absolute atomic E-state index is 12.1. The Morgan fingerprint density at radius 1 is 1.65 bits per heavy atom. The normalized spacial score (nSPS) is 18.9. The van der Waals surface area contributed by atoms with Crippen molar-refractivity contribution >= 4 is 21.8 Å². The lowest BCUT2D eigenvalue weighted by molar-refractivity contribution is 0.0439. The molecule has 1 amide bonds. The summed E-state index contributed by atoms with van der Waals surface area (Å²) in [6.07, 6.45) is 4.87. The molecule has 5 nitrogen and oxygen atoms in total. The molecule has 6 heteroatoms. The lowest BCUT2D eigenvalue weighted by atomic mass is 9.92. The molecule has 0 unspecified atom stereocenters. The van der Waals surface area contributed by atoms with E-state index < -0.39 is 0 Å². The Morgan fingerprint density at radius 2 is 2.35 bits per heavy atom. The highest BCUT2D eigenvalue weighted by Gasteiger charge is 2.33. The van der Waals surface area contributed by atoms with Crippen molar-refractivity contribution < 1.29 is 9.53 Å². The van der Waals surface area contributed by atoms with E-state index in [4.69, 9.17) is 4.74 Å². The standard InChI is InChI=1S/C11H16BrN3O2/c1-15-8-13-6-9(15)10(16)14-11(7-12)2-4-17-5-3-11/h6,8H,2-5,7H2,1H3,(H,14,16). The van der Waals surface area contributed by atoms with Crippen LogP contribution in [0.2, 0.25) is 0 Å². The third-order valence-corrected chi connectivity index (χ3v) is 4.21. The maximum Gasteiger partial charge on any atom is 0.270 e. The first kappa shape index (κ1) is 12.6. The average Bonchev–Trinajstić information content (AvgIpc) is 2.77. The van der Waals surface area contributed by atoms with Crippen LogP contribution in [0.3, 0.4) is 0 Å². The molecule has 2 rings (SSSR count). The molecule has 94 valence electrons. The van der Waals surface area contributed by atoms with Gasteiger partial charge in [0.25, 0.3) is 5.91 Å². The minimum Gasteiger partial charge on any atom is -0.381 e. The molecule has 1 aliphatic heterocycles. The van der Waals surface area contributed by atoms with Crippen LogP contribution in [-0.2, 0) is 11.8 Å². The molecule has 0 spiro atoms. The van der Waals surface area contributed by atoms with E-state index in [9.17, 15) is 4.79 Å². The fraction of sp³-hybridized carbons (Fsp3) is 0.636. The first-order valence-electron chi connectivity index (χ1n) is 5.59. The number of aromatic nitrogens is 2. The molecule has 0 aliphatic carbocycles. The van der Waals surface area contributed by atoms with E-state index in [1.54, 1.807) is 17.1 Å². The molecule has 17 heavy (non-hydrogen) atoms. The number of halogens is 1. The second-order valence-corrected chi connectivity index (χ2v) is 4.93. The van der Waals surface area contributed by atoms with Gasteiger partial charge in [-0.05, 0) is 12.8 Å². The first-order chi connectivity index (χ1) is 8.17. The van der Waals surface area contributed by atoms with Gasteiger partial charge in [0.1, 0.15) is 5.69 Å². The minimum absolute atomic E-state index is 0.0775. The zero-order valence-corrected chi connectivity index (χ0v) is 11.4. The van der Waals surface area contributed by atoms with Gasteiger partial charge in [-0.3, -0.25) is 4.79 Å². The molecule has 0 bridgehead atoms. The van der Waals surface area contributed by atoms with E-state index in [2.05, 4.69) is 26.2 Å². The molecule has 0 radical (unpaired) electrons. The SMILES string of the molecule is Cn1cncc1C(=O)NC1(CBr)CCOCC1. The monoisotopic (exact) mass is 301 g/mol. The van der Waals surface area contributed by atoms with Crippen LogP contribution >= 0.6 is 15.9 Å². The van der Waals surface area contributed by atoms with Crippen LogP contribution in [0.4, 0.5) is 0 Å². The average molecular weight is 302 g/mol. The number of nitrogens with one attached hydrogen (secondary N) is 1. The Morgan fingerprint density at radius 3 is 2.88 bits per heavy atom. The summed E-state index contributed by atoms with van der Waals surface area (Å²) < 4.78 is 7.05. The van der Waals surface area contributed by atoms with Crippen molar-refractivity contribution in [3.05, 3.63) is 18.2 Å². The molecule has 1 N–H and O–H groups in total. The van der Waals surface area contributed by atoms with Crippen LogP contribution < -0.4 is 5.32 Å². The van der Waals surface area contributed by atoms with Gasteiger partial charge in [0.15, 0.2) is 0 Å². The number of carbonyl (C=O) groups excluding carboxylic acids is 1. The summed E-state index contributed by atoms with van der Waals surface area (Å²) in [6.45, 7) is 1.38. The molecular weight excluding hydrogens is 286 g/mol. The van der Waals surface area contributed by atoms with E-state index in [-0.39, 0.29) is 11.4 Å². The van der Waals surface area contributed by atoms with Gasteiger partial charge in [-0.15, -0.1) is 0 Å². The van der Waals surface area contributed by atoms with E-state index in [0.717, 1.165) is 18.2 Å². The van der Waals surface area contributed by atoms with Gasteiger partial charge >= 0.3 is 0 Å². The lowest BCUT2D eigenvalue weighted by Crippen LogP contribution is -2.53. The van der Waals surface area contributed by atoms with Crippen molar-refractivity contribution in [1.29, 1.82) is 0 Å². The van der Waals surface area contributed by atoms with Crippen molar-refractivity contribution in [3.8, 4) is 0 Å². The highest BCUT2D eigenvalue weighted by molar-refractivity contribution is 9.09. The number of carbonyl (C=O) groups is 1. The molecule has 2 heterocycles. The van der Waals surface area contributed by atoms with Crippen molar-refractivity contribution in [2.24, 2.45) is 7.05 Å². The smallest absolute Gasteiger partial charge is 0.270 e. The number of alkyl halides is 1. The Bertz CT molecular complexity index is 399. The Labute approximate surface area is 109 Å². The third-order valence-electron chi connectivity index (χ3n) is 3.13. The summed E-state index contributed by atoms with van der Waals surface area (Å²) in [5.74, 6) is -0.0775. The molecule has 1 fully saturated rings. The Hall–Kier alpha value is -0.880. The predicted octanol–water partition coefficient (Wildman–Crippen LogP) is 1.09. The zero-order chi connectivity index (χ0) is 12.3. The van der Waals surface area contributed by atoms with Gasteiger partial charge in [0.05, 0.1) is 18.1 Å². The van der Waals surface area contributed by atoms with Gasteiger partial charge < -0.3 is 14.6 Å². The number of hydrogen-bond donors (Lipinski definition) is 1. The van der Waals surface area contributed by atoms with Crippen molar-refractivity contribution in [2.75, 3.05) is 18.5 Å². The van der Waals surface area contributed by atoms with Crippen LogP contribution in [0, 0.1) is 0 Å². The van der Waals surface area contributed by atoms with Gasteiger partial charge in [-0.25, -0.2) is 4.98 Å². The quantitative estimate of drug-likeness (QED) is 0.851. The van der Waals surface area contributed by atoms with Crippen LogP contribution in [0.25, 0.3) is 0 Å². The molecule has 0 atom stereocenters. The third kappa shape index (κ3) is 2.69. The topological polar surface area (TPSA) is 56.2 Å². The van der Waals surface area contributed by atoms with Gasteiger partial charge in [-0.2, -0.15) is 0 Å². The van der Waals surface area contributed by atoms with Gasteiger partial charge in [-0.1, -0.05) is 15.9 Å². The zero-order valence-electron chi connectivity index (χ0n) is 9.78. The number of imidazole rings is 1. The van der Waals surface area contributed by atoms with Crippen molar-refractivity contribution in [2.45, 2.75) is 18.4 Å². The molecule has 1 aromatic rings. The number of ether oxygens (including phenoxy) is 1. The van der Waals surface area contributed by atoms with E-state index in [0.29, 0.717) is 18.9 Å². The summed E-state index contributed by atoms with van der Waals surface area (Å²) >= 11 is 3.49. The summed E-state index contributed by atoms with van der Waals surface area (Å²) in [5, 5.41) is 3.84. The molecule has 1 saturated heterocycles. The number of aryl methyl sites for hydroxylation is 1. The molecule has 1 aliphatic rings. The van der Waals surface area contributed by atoms with Crippen molar-refractivity contribution in [1.82, 2.24) is 14.9 Å². The van der Waals surface area contributed by atoms with Crippen molar-refractivity contribution in [3.63, 3.8) is 0 Å². The van der Waals surface area contributed by atoms with Crippen LogP contribution in [0.1, 0.15) is 23.3 Å². The summed E-state index contributed by atoms with van der Waals surface area (Å²) in [6, 6.07) is 0. The predicted molar refractivity (Wildman–Crippen MR) is 67.3 cm³/mol. The van der Waals surface area contributed by atoms with Gasteiger partial charge in [0.2, 0.25) is 0 Å². The summed E-state index contributed by atoms with van der Waals surface area (Å²) in [5.41, 5.74) is 0.386. The molecule has 0 aromatic carbocycles. The Kier molecular flexibility index (Phi) is 3.83. The highest BCUT2D eigenvalue weighted by atomic mass is 79.9. The number of rotatable bonds is 3. The maximum atomic E-state index is 12.1. The second-order valence-electron chi connectivity index (χ2n) is 4.37. The summed E-state index contributed by atoms with van der Waals surface area (Å²) in [4.78, 5) is 16.1. The lowest BCUT2D eigenvalue weighted by Gasteiger charge is -2.36. The Balaban J connectivity index is 2.08. The molecular formula is C11H16BrN3O2. The minimum atomic E-state index is -0.195. The largest absolute Gasteiger partial charge is 0.381 e. The second kappa shape index (κ2) is 5.18. The fourth-order valence-corrected chi connectivity index (χ4v) is 2.64. The number of amides is 1. The molecule has 0 saturated carbocycles. The van der Waals surface area contributed by atoms with E-state index >= 15 is 0 Å². The van der Waals surface area contributed by atoms with Crippen LogP contribution in [0.15, 0.2) is 12.5 Å². The summed E-state index contributed by atoms with van der Waals surface area (Å²) in [7, 11) is 1.81. The number of nitrogens with zero attached hydrogens (tertiary/aromatic N) is 2. The highest BCUT2D eigenvalue weighted by Crippen LogP contribution is 2.23. The number of hydrogen-bond acceptors (Lipinski definition) is 3.